The topological polar surface area (TPSA) is 507 Å². The van der Waals surface area contributed by atoms with Crippen molar-refractivity contribution in [1.29, 1.82) is 0 Å². The van der Waals surface area contributed by atoms with Gasteiger partial charge in [0.05, 0.1) is 90.0 Å². The molecule has 0 saturated carbocycles. The Morgan fingerprint density at radius 1 is 0.523 bits per heavy atom. The lowest BCUT2D eigenvalue weighted by molar-refractivity contribution is -0.386. The first-order valence-electron chi connectivity index (χ1n) is 48.6. The number of aromatic carboxylic acids is 1. The number of nitroso groups, excluding NO2 is 1. The third-order valence-corrected chi connectivity index (χ3v) is 26.9. The number of methoxy groups -OCH3 is 2. The summed E-state index contributed by atoms with van der Waals surface area (Å²) in [5.41, 5.74) is 24.8. The van der Waals surface area contributed by atoms with Crippen molar-refractivity contribution in [2.45, 2.75) is 288 Å². The zero-order valence-corrected chi connectivity index (χ0v) is 91.1. The van der Waals surface area contributed by atoms with Crippen LogP contribution in [0.1, 0.15) is 308 Å². The highest BCUT2D eigenvalue weighted by Crippen LogP contribution is 2.48. The number of ketones is 1. The molecule has 810 valence electrons. The number of nitro groups is 1. The van der Waals surface area contributed by atoms with Crippen LogP contribution >= 0.6 is 15.9 Å². The number of nitrogens with zero attached hydrogens (tertiary/aromatic N) is 1. The molecule has 3 aliphatic heterocycles. The van der Waals surface area contributed by atoms with Crippen LogP contribution in [0, 0.1) is 95.9 Å². The first-order chi connectivity index (χ1) is 68.2. The van der Waals surface area contributed by atoms with Gasteiger partial charge in [0, 0.05) is 144 Å². The molecule has 14 rings (SSSR count). The van der Waals surface area contributed by atoms with Crippen molar-refractivity contribution in [3.63, 3.8) is 0 Å². The van der Waals surface area contributed by atoms with Crippen molar-refractivity contribution in [3.05, 3.63) is 269 Å². The number of Topliss-reactive ketones (excluding diaryl/α,β-unsaturated/α-hetero) is 1. The van der Waals surface area contributed by atoms with E-state index in [1.165, 1.54) is 52.3 Å². The summed E-state index contributed by atoms with van der Waals surface area (Å²) >= 11 is 3.46. The summed E-state index contributed by atoms with van der Waals surface area (Å²) in [7, 11) is 2.21. The lowest BCUT2D eigenvalue weighted by Crippen LogP contribution is -2.57. The van der Waals surface area contributed by atoms with Crippen molar-refractivity contribution in [3.8, 4) is 34.1 Å². The van der Waals surface area contributed by atoms with Gasteiger partial charge in [-0.05, 0) is 344 Å². The predicted molar refractivity (Wildman–Crippen MR) is 573 cm³/mol. The number of nitro benzene ring substituents is 1. The van der Waals surface area contributed by atoms with Crippen molar-refractivity contribution in [2.75, 3.05) is 59.3 Å². The number of nitrogens with two attached hydrogens (primary N) is 2. The SMILES string of the molecule is C.CC(C)(O)CN.COC(=O)C[C@@H]1COc2cc(O[C@H]3CCc4c(-c5c(C)cc(C(=O)CCC(C)(C)O)cc5C)ccc(F)c43)ccc21.COC(=O)C[C@@H]1COc2cc(O[C@H]3CCc4c(B5OC(C)(C)C(C)(C)O5)ccc(F)c43)ccc21.Cc1cc(C(=O)NCC(C)(C)O)cc(C)c1Br.Cc1cc(C(=O)NCC(C)(C)O)cc(C)c1N.Cc1cc(C(=O)NCC(C)(C)O)cc(C)c1[NH+]=O.Cc1cc(C(=O)O)cc(C)c1[N+](=O)[O-].[OH-]. The summed E-state index contributed by atoms with van der Waals surface area (Å²) in [6.45, 7) is 44.6. The zero-order valence-electron chi connectivity index (χ0n) is 89.5. The van der Waals surface area contributed by atoms with Crippen molar-refractivity contribution >= 4 is 87.0 Å². The minimum atomic E-state index is -1.08. The molecule has 9 aromatic carbocycles. The summed E-state index contributed by atoms with van der Waals surface area (Å²) < 4.78 is 77.6. The molecule has 5 aliphatic rings. The maximum Gasteiger partial charge on any atom is 0.495 e. The number of rotatable bonds is 27. The molecule has 3 amide bonds. The number of aryl methyl sites for hydroxylation is 10. The standard InChI is InChI=1S/C34H37FO6.C26H30BFO6.C13H18BrNO2.C13H18N2O3.C13H20N2O2.C9H9NO4.C4H11NO.CH4.H2O/c1-19-14-21(28(36)12-13-34(3,4)38)15-20(2)32(19)25-8-10-27(35)33-26(25)9-11-29(33)41-23-6-7-24-22(16-31(37)39-5)18-40-30(24)17-23;1-25(2)26(3,4)34-27(33-25)19-9-10-20(28)24-18(19)8-11-21(24)32-16-6-7-17-15(12-23(29)30-5)14-31-22(17)13-16;1-8-5-10(6-9(2)11(8)14)12(16)15-7-13(3,4)17;1-8-5-10(6-9(2)11(8)15-18)12(16)14-7-13(3,4)17;1-8-5-10(6-9(2)11(8)14)12(16)15-7-13(3,4)17;1-5-3-7(9(11)12)4-6(2)8(5)10(13)14;1-4(2,6)3-5;;/h6-8,10,14-15,17,22,29,38H,9,11-13,16,18H2,1-5H3;6-7,9-10,13,15,21H,8,11-12,14H2,1-5H3;5-6,17H,7H2,1-4H3,(H,15,16);5-6,17H,7H2,1-4H3,(H,14,16);5-6,17H,7,14H2,1-4H3,(H,15,16);3-4H,1-2H3,(H,11,12);6H,3,5H2,1-2H3;1H4;1H2/t22-,29+;15-,21+;;;;;;;/m11......./s1. The Morgan fingerprint density at radius 3 is 1.25 bits per heavy atom. The molecule has 9 aromatic rings. The van der Waals surface area contributed by atoms with E-state index in [1.807, 2.05) is 141 Å². The molecule has 2 aliphatic carbocycles. The van der Waals surface area contributed by atoms with Crippen LogP contribution in [-0.2, 0) is 41.2 Å². The summed E-state index contributed by atoms with van der Waals surface area (Å²) in [6.07, 6.45) is 2.97. The van der Waals surface area contributed by atoms with Gasteiger partial charge in [-0.25, -0.2) is 13.6 Å². The average Bonchev–Trinajstić information content (AvgIpc) is 1.62. The number of carboxylic acid groups (broad SMARTS) is 1. The van der Waals surface area contributed by atoms with Crippen LogP contribution in [0.15, 0.2) is 126 Å². The fourth-order valence-corrected chi connectivity index (χ4v) is 17.3. The smallest absolute Gasteiger partial charge is 0.495 e. The fraction of sp³-hybridized carbons (Fsp3) is 0.460. The second kappa shape index (κ2) is 52.3. The Hall–Kier alpha value is -12.5. The summed E-state index contributed by atoms with van der Waals surface area (Å²) in [4.78, 5) is 103. The van der Waals surface area contributed by atoms with Gasteiger partial charge in [0.25, 0.3) is 29.1 Å². The number of esters is 2. The van der Waals surface area contributed by atoms with Crippen LogP contribution in [0.25, 0.3) is 11.1 Å². The van der Waals surface area contributed by atoms with Gasteiger partial charge in [0.15, 0.2) is 5.78 Å². The van der Waals surface area contributed by atoms with E-state index in [-0.39, 0.29) is 122 Å². The van der Waals surface area contributed by atoms with Gasteiger partial charge in [-0.2, -0.15) is 0 Å². The molecule has 0 aromatic heterocycles. The number of fused-ring (bicyclic) bond motifs is 4. The van der Waals surface area contributed by atoms with E-state index in [9.17, 15) is 69.0 Å². The molecule has 32 nitrogen and oxygen atoms in total. The monoisotopic (exact) mass is 2130 g/mol. The number of carboxylic acids is 1. The molecule has 1 saturated heterocycles. The molecule has 1 fully saturated rings. The predicted octanol–water partition coefficient (Wildman–Crippen LogP) is 17.5. The highest BCUT2D eigenvalue weighted by molar-refractivity contribution is 9.10. The summed E-state index contributed by atoms with van der Waals surface area (Å²) in [6, 6.07) is 34.6. The van der Waals surface area contributed by atoms with E-state index < -0.39 is 69.4 Å². The van der Waals surface area contributed by atoms with Gasteiger partial charge in [-0.1, -0.05) is 47.6 Å². The largest absolute Gasteiger partial charge is 0.870 e. The third kappa shape index (κ3) is 34.8. The van der Waals surface area contributed by atoms with Crippen molar-refractivity contribution < 1.29 is 126 Å². The van der Waals surface area contributed by atoms with Crippen molar-refractivity contribution in [1.82, 2.24) is 16.0 Å². The number of anilines is 1. The number of nitrogens with one attached hydrogen (secondary N) is 4. The molecule has 0 bridgehead atoms. The van der Waals surface area contributed by atoms with Crippen LogP contribution < -0.4 is 57.0 Å². The second-order valence-corrected chi connectivity index (χ2v) is 42.9. The maximum absolute atomic E-state index is 15.3. The van der Waals surface area contributed by atoms with Gasteiger partial charge in [0.2, 0.25) is 0 Å². The van der Waals surface area contributed by atoms with E-state index in [1.54, 1.807) is 113 Å². The second-order valence-electron chi connectivity index (χ2n) is 42.1. The Labute approximate surface area is 880 Å². The van der Waals surface area contributed by atoms with E-state index in [4.69, 9.17) is 59.4 Å². The molecule has 0 radical (unpaired) electrons. The Bertz CT molecular complexity index is 6140. The van der Waals surface area contributed by atoms with Crippen LogP contribution in [0.4, 0.5) is 25.8 Å². The molecule has 0 spiro atoms. The van der Waals surface area contributed by atoms with Gasteiger partial charge in [-0.3, -0.25) is 38.9 Å². The number of halogens is 3. The number of hydrogen-bond acceptors (Lipinski definition) is 26. The number of nitrogen functional groups attached to an aromatic ring is 1. The highest BCUT2D eigenvalue weighted by atomic mass is 79.9. The summed E-state index contributed by atoms with van der Waals surface area (Å²) in [5, 5.41) is 76.5. The van der Waals surface area contributed by atoms with Crippen LogP contribution in [-0.4, -0.2) is 182 Å². The van der Waals surface area contributed by atoms with Gasteiger partial charge in [0.1, 0.15) is 46.8 Å². The normalized spacial score (nSPS) is 15.6. The van der Waals surface area contributed by atoms with Crippen LogP contribution in [0.2, 0.25) is 0 Å². The first-order valence-corrected chi connectivity index (χ1v) is 49.4. The zero-order chi connectivity index (χ0) is 110. The lowest BCUT2D eigenvalue weighted by atomic mass is 9.75. The molecule has 4 atom stereocenters. The molecule has 3 heterocycles. The van der Waals surface area contributed by atoms with E-state index in [0.717, 1.165) is 87.8 Å². The maximum atomic E-state index is 15.3. The molecular formula is C113H149BBrF2N7O25. The molecule has 36 heteroatoms. The number of carbonyl (C=O) groups is 7. The molecule has 15 N–H and O–H groups in total. The average molecular weight is 2130 g/mol. The van der Waals surface area contributed by atoms with Gasteiger partial charge in [-0.15, -0.1) is 0 Å². The molecule has 149 heavy (non-hydrogen) atoms. The highest BCUT2D eigenvalue weighted by Gasteiger charge is 2.53. The Morgan fingerprint density at radius 2 is 0.886 bits per heavy atom. The number of amides is 3. The van der Waals surface area contributed by atoms with E-state index in [2.05, 4.69) is 31.9 Å². The van der Waals surface area contributed by atoms with Crippen LogP contribution in [0.3, 0.4) is 0 Å². The Kier molecular flexibility index (Phi) is 43.9. The number of carbonyl (C=O) groups excluding carboxylic acids is 6. The van der Waals surface area contributed by atoms with Gasteiger partial charge < -0.3 is 101 Å². The van der Waals surface area contributed by atoms with E-state index in [0.29, 0.717) is 131 Å². The number of benzene rings is 9. The quantitative estimate of drug-likeness (QED) is 0.00568. The summed E-state index contributed by atoms with van der Waals surface area (Å²) in [5.74, 6) is -0.365. The number of hydrogen-bond donors (Lipinski definition) is 12. The minimum absolute atomic E-state index is 0. The lowest BCUT2D eigenvalue weighted by Gasteiger charge is -2.32. The number of aliphatic hydroxyl groups is 5. The van der Waals surface area contributed by atoms with Gasteiger partial charge >= 0.3 is 25.0 Å². The van der Waals surface area contributed by atoms with E-state index >= 15 is 8.78 Å². The van der Waals surface area contributed by atoms with Crippen molar-refractivity contribution in [2.24, 2.45) is 5.73 Å². The van der Waals surface area contributed by atoms with Crippen LogP contribution in [0.5, 0.6) is 23.0 Å². The first kappa shape index (κ1) is 125. The Balaban J connectivity index is 0.000000282. The molecule has 0 unspecified atom stereocenters. The minimum Gasteiger partial charge on any atom is -0.870 e. The third-order valence-electron chi connectivity index (χ3n) is 25.7. The fourth-order valence-electron chi connectivity index (χ4n) is 17.0. The number of ether oxygens (including phenoxy) is 6. The molecular weight excluding hydrogens is 1980 g/mol.